The second kappa shape index (κ2) is 13.2. The number of hydrogen-bond donors (Lipinski definition) is 0. The van der Waals surface area contributed by atoms with Crippen LogP contribution < -0.4 is 0 Å². The van der Waals surface area contributed by atoms with Gasteiger partial charge in [0.25, 0.3) is 0 Å². The molecule has 284 valence electrons. The van der Waals surface area contributed by atoms with Crippen LogP contribution in [0.2, 0.25) is 0 Å². The van der Waals surface area contributed by atoms with Crippen molar-refractivity contribution in [1.82, 2.24) is 15.0 Å². The maximum absolute atomic E-state index is 6.28. The van der Waals surface area contributed by atoms with E-state index in [2.05, 4.69) is 147 Å². The van der Waals surface area contributed by atoms with E-state index in [1.54, 1.807) is 0 Å². The molecule has 0 bridgehead atoms. The van der Waals surface area contributed by atoms with Gasteiger partial charge < -0.3 is 4.42 Å². The summed E-state index contributed by atoms with van der Waals surface area (Å²) in [5, 5.41) is 2.16. The zero-order valence-electron chi connectivity index (χ0n) is 33.1. The van der Waals surface area contributed by atoms with E-state index in [4.69, 9.17) is 19.4 Å². The van der Waals surface area contributed by atoms with E-state index in [1.165, 1.54) is 43.2 Å². The molecule has 2 aromatic heterocycles. The first-order chi connectivity index (χ1) is 29.5. The zero-order valence-corrected chi connectivity index (χ0v) is 33.9. The van der Waals surface area contributed by atoms with Gasteiger partial charge in [0.1, 0.15) is 11.2 Å². The minimum absolute atomic E-state index is 0.145. The van der Waals surface area contributed by atoms with Gasteiger partial charge in [0.2, 0.25) is 0 Å². The summed E-state index contributed by atoms with van der Waals surface area (Å²) in [6, 6.07) is 67.4. The normalized spacial score (nSPS) is 14.4. The van der Waals surface area contributed by atoms with Crippen LogP contribution in [0.25, 0.3) is 67.2 Å². The van der Waals surface area contributed by atoms with Crippen molar-refractivity contribution in [2.24, 2.45) is 0 Å². The maximum Gasteiger partial charge on any atom is 0.164 e. The second-order valence-corrected chi connectivity index (χ2v) is 17.4. The topological polar surface area (TPSA) is 51.8 Å². The van der Waals surface area contributed by atoms with Gasteiger partial charge in [-0.05, 0) is 80.9 Å². The highest BCUT2D eigenvalue weighted by Crippen LogP contribution is 2.61. The summed E-state index contributed by atoms with van der Waals surface area (Å²) >= 11 is 1.87. The Hall–Kier alpha value is -7.08. The number of benzene rings is 8. The fraction of sp³-hybridized carbons (Fsp3) is 0.0727. The minimum atomic E-state index is -0.458. The first-order valence-electron chi connectivity index (χ1n) is 20.4. The van der Waals surface area contributed by atoms with Gasteiger partial charge in [0.15, 0.2) is 17.5 Å². The number of hydrogen-bond acceptors (Lipinski definition) is 5. The van der Waals surface area contributed by atoms with E-state index in [0.717, 1.165) is 49.8 Å². The molecule has 1 spiro atoms. The van der Waals surface area contributed by atoms with Crippen LogP contribution in [0.1, 0.15) is 47.2 Å². The lowest BCUT2D eigenvalue weighted by molar-refractivity contribution is 0.549. The van der Waals surface area contributed by atoms with Crippen molar-refractivity contribution in [1.29, 1.82) is 0 Å². The molecule has 1 aliphatic heterocycles. The zero-order chi connectivity index (χ0) is 40.0. The third kappa shape index (κ3) is 5.15. The fourth-order valence-electron chi connectivity index (χ4n) is 9.86. The summed E-state index contributed by atoms with van der Waals surface area (Å²) in [4.78, 5) is 17.8. The van der Waals surface area contributed by atoms with Crippen molar-refractivity contribution in [2.75, 3.05) is 0 Å². The van der Waals surface area contributed by atoms with E-state index in [0.29, 0.717) is 17.5 Å². The van der Waals surface area contributed by atoms with Gasteiger partial charge in [-0.15, -0.1) is 0 Å². The standard InChI is InChI=1S/C55H37N3OS/c1-54(2)41-20-7-9-22-43(41)55(44-23-10-8-21-42(44)54)45-24-11-13-26-49(45)60-50-33-36(28-30-46(50)55)35-17-14-18-37(31-35)52-56-51(34-15-4-3-5-16-34)57-53(58-52)38-27-29-40-39-19-6-12-25-47(39)59-48(40)32-38/h3-33H,1-2H3. The van der Waals surface area contributed by atoms with Crippen LogP contribution in [0.5, 0.6) is 0 Å². The Labute approximate surface area is 352 Å². The van der Waals surface area contributed by atoms with Gasteiger partial charge in [-0.1, -0.05) is 177 Å². The van der Waals surface area contributed by atoms with Crippen molar-refractivity contribution in [2.45, 2.75) is 34.5 Å². The minimum Gasteiger partial charge on any atom is -0.456 e. The summed E-state index contributed by atoms with van der Waals surface area (Å²) in [7, 11) is 0. The van der Waals surface area contributed by atoms with E-state index >= 15 is 0 Å². The summed E-state index contributed by atoms with van der Waals surface area (Å²) in [5.74, 6) is 1.83. The second-order valence-electron chi connectivity index (χ2n) is 16.3. The van der Waals surface area contributed by atoms with Crippen molar-refractivity contribution in [3.63, 3.8) is 0 Å². The number of nitrogens with zero attached hydrogens (tertiary/aromatic N) is 3. The third-order valence-corrected chi connectivity index (χ3v) is 13.8. The quantitative estimate of drug-likeness (QED) is 0.178. The molecular weight excluding hydrogens is 751 g/mol. The van der Waals surface area contributed by atoms with Crippen LogP contribution in [-0.4, -0.2) is 15.0 Å². The fourth-order valence-corrected chi connectivity index (χ4v) is 11.1. The van der Waals surface area contributed by atoms with Crippen LogP contribution >= 0.6 is 11.8 Å². The predicted molar refractivity (Wildman–Crippen MR) is 243 cm³/mol. The molecule has 0 fully saturated rings. The lowest BCUT2D eigenvalue weighted by atomic mass is 9.54. The molecule has 3 heterocycles. The number of furan rings is 1. The molecule has 0 atom stereocenters. The molecule has 0 radical (unpaired) electrons. The van der Waals surface area contributed by atoms with Crippen molar-refractivity contribution in [3.05, 3.63) is 221 Å². The molecule has 5 heteroatoms. The smallest absolute Gasteiger partial charge is 0.164 e. The average molecular weight is 788 g/mol. The molecule has 0 saturated heterocycles. The molecule has 0 saturated carbocycles. The van der Waals surface area contributed by atoms with Gasteiger partial charge in [-0.25, -0.2) is 15.0 Å². The summed E-state index contributed by atoms with van der Waals surface area (Å²) < 4.78 is 6.28. The highest BCUT2D eigenvalue weighted by atomic mass is 32.2. The molecule has 0 amide bonds. The summed E-state index contributed by atoms with van der Waals surface area (Å²) in [6.45, 7) is 4.74. The average Bonchev–Trinajstić information content (AvgIpc) is 3.68. The first kappa shape index (κ1) is 34.9. The highest BCUT2D eigenvalue weighted by Gasteiger charge is 2.52. The Morgan fingerprint density at radius 2 is 0.883 bits per heavy atom. The lowest BCUT2D eigenvalue weighted by Gasteiger charge is -2.50. The monoisotopic (exact) mass is 787 g/mol. The van der Waals surface area contributed by atoms with Crippen LogP contribution in [0.4, 0.5) is 0 Å². The summed E-state index contributed by atoms with van der Waals surface area (Å²) in [6.07, 6.45) is 0. The van der Waals surface area contributed by atoms with E-state index < -0.39 is 5.41 Å². The van der Waals surface area contributed by atoms with Gasteiger partial charge in [-0.2, -0.15) is 0 Å². The lowest BCUT2D eigenvalue weighted by Crippen LogP contribution is -2.43. The molecular formula is C55H37N3OS. The van der Waals surface area contributed by atoms with Crippen LogP contribution in [0.15, 0.2) is 202 Å². The number of fused-ring (bicyclic) bond motifs is 11. The number of aromatic nitrogens is 3. The number of rotatable bonds is 4. The van der Waals surface area contributed by atoms with Crippen LogP contribution in [0, 0.1) is 0 Å². The Morgan fingerprint density at radius 3 is 1.63 bits per heavy atom. The SMILES string of the molecule is CC1(C)c2ccccc2C2(c3ccccc3Sc3cc(-c4cccc(-c5nc(-c6ccccc6)nc(-c6ccc7c(c6)oc6ccccc67)n5)c4)ccc32)c2ccccc21. The van der Waals surface area contributed by atoms with E-state index in [9.17, 15) is 0 Å². The Bertz CT molecular complexity index is 3300. The first-order valence-corrected chi connectivity index (χ1v) is 21.2. The molecule has 12 rings (SSSR count). The highest BCUT2D eigenvalue weighted by molar-refractivity contribution is 7.99. The molecule has 1 aliphatic carbocycles. The van der Waals surface area contributed by atoms with Crippen molar-refractivity contribution >= 4 is 33.7 Å². The molecule has 4 nitrogen and oxygen atoms in total. The predicted octanol–water partition coefficient (Wildman–Crippen LogP) is 13.9. The van der Waals surface area contributed by atoms with Crippen LogP contribution in [-0.2, 0) is 10.8 Å². The Kier molecular flexibility index (Phi) is 7.69. The largest absolute Gasteiger partial charge is 0.456 e. The van der Waals surface area contributed by atoms with E-state index in [-0.39, 0.29) is 5.41 Å². The Morgan fingerprint density at radius 1 is 0.367 bits per heavy atom. The molecule has 2 aliphatic rings. The van der Waals surface area contributed by atoms with E-state index in [1.807, 2.05) is 66.4 Å². The Balaban J connectivity index is 1.00. The van der Waals surface area contributed by atoms with Gasteiger partial charge >= 0.3 is 0 Å². The molecule has 8 aromatic carbocycles. The summed E-state index contributed by atoms with van der Waals surface area (Å²) in [5.41, 5.74) is 14.1. The van der Waals surface area contributed by atoms with Crippen molar-refractivity contribution in [3.8, 4) is 45.3 Å². The molecule has 10 aromatic rings. The molecule has 0 N–H and O–H groups in total. The third-order valence-electron chi connectivity index (χ3n) is 12.7. The van der Waals surface area contributed by atoms with Gasteiger partial charge in [0.05, 0.1) is 5.41 Å². The number of para-hydroxylation sites is 1. The van der Waals surface area contributed by atoms with Gasteiger partial charge in [0, 0.05) is 42.7 Å². The maximum atomic E-state index is 6.28. The van der Waals surface area contributed by atoms with Crippen LogP contribution in [0.3, 0.4) is 0 Å². The molecule has 0 unspecified atom stereocenters. The van der Waals surface area contributed by atoms with Crippen molar-refractivity contribution < 1.29 is 4.42 Å². The van der Waals surface area contributed by atoms with Gasteiger partial charge in [-0.3, -0.25) is 0 Å². The molecule has 60 heavy (non-hydrogen) atoms.